The van der Waals surface area contributed by atoms with Crippen molar-refractivity contribution in [3.05, 3.63) is 24.5 Å². The topological polar surface area (TPSA) is 309 Å². The maximum Gasteiger partial charge on any atom is 0.248 e. The van der Waals surface area contributed by atoms with E-state index in [9.17, 15) is 38.4 Å². The summed E-state index contributed by atoms with van der Waals surface area (Å²) in [5.74, 6) is -11.0. The summed E-state index contributed by atoms with van der Waals surface area (Å²) in [5, 5.41) is 13.9. The highest BCUT2D eigenvalue weighted by atomic mass is 16.5. The Morgan fingerprint density at radius 2 is 1.00 bits per heavy atom. The first-order valence-corrected chi connectivity index (χ1v) is 35.1. The number of hydrogen-bond donors (Lipinski definition) is 5. The van der Waals surface area contributed by atoms with Gasteiger partial charge in [0.2, 0.25) is 70.9 Å². The molecule has 0 radical (unpaired) electrons. The predicted octanol–water partition coefficient (Wildman–Crippen LogP) is 3.25. The molecule has 98 heavy (non-hydrogen) atoms. The number of carbonyl (C=O) groups excluding carboxylic acids is 12. The Labute approximate surface area is 585 Å². The zero-order chi connectivity index (χ0) is 75.2. The summed E-state index contributed by atoms with van der Waals surface area (Å²) in [6.07, 6.45) is 3.37. The highest BCUT2D eigenvalue weighted by Crippen LogP contribution is 2.28. The first-order valence-electron chi connectivity index (χ1n) is 35.1. The van der Waals surface area contributed by atoms with Crippen molar-refractivity contribution in [3.63, 3.8) is 0 Å². The van der Waals surface area contributed by atoms with Crippen molar-refractivity contribution >= 4 is 70.9 Å². The van der Waals surface area contributed by atoms with Crippen LogP contribution in [0.3, 0.4) is 0 Å². The smallest absolute Gasteiger partial charge is 0.248 e. The molecule has 27 nitrogen and oxygen atoms in total. The lowest BCUT2D eigenvalue weighted by Crippen LogP contribution is -2.64. The quantitative estimate of drug-likeness (QED) is 0.0863. The monoisotopic (exact) mass is 1380 g/mol. The average Bonchev–Trinajstić information content (AvgIpc) is 0.801. The predicted molar refractivity (Wildman–Crippen MR) is 377 cm³/mol. The van der Waals surface area contributed by atoms with E-state index in [2.05, 4.69) is 38.1 Å². The van der Waals surface area contributed by atoms with Crippen molar-refractivity contribution in [3.8, 4) is 0 Å². The fourth-order valence-electron chi connectivity index (χ4n) is 12.3. The van der Waals surface area contributed by atoms with Gasteiger partial charge in [0.25, 0.3) is 0 Å². The number of amides is 12. The van der Waals surface area contributed by atoms with Crippen LogP contribution in [0.2, 0.25) is 0 Å². The molecule has 0 saturated carbocycles. The van der Waals surface area contributed by atoms with Crippen LogP contribution in [-0.2, 0) is 67.0 Å². The molecule has 2 saturated heterocycles. The molecular weight excluding hydrogens is 1260 g/mol. The Morgan fingerprint density at radius 1 is 0.520 bits per heavy atom. The van der Waals surface area contributed by atoms with Crippen LogP contribution in [0.15, 0.2) is 24.5 Å². The molecule has 2 aliphatic rings. The van der Waals surface area contributed by atoms with Crippen molar-refractivity contribution in [2.75, 3.05) is 88.7 Å². The number of allylic oxidation sites excluding steroid dienone is 3. The Hall–Kier alpha value is -7.16. The second-order valence-electron chi connectivity index (χ2n) is 29.3. The molecule has 0 aromatic carbocycles. The second kappa shape index (κ2) is 40.2. The molecule has 558 valence electrons. The van der Waals surface area contributed by atoms with E-state index in [1.807, 2.05) is 74.6 Å². The first kappa shape index (κ1) is 86.9. The molecule has 12 amide bonds. The number of ether oxygens (including phenoxy) is 2. The van der Waals surface area contributed by atoms with Gasteiger partial charge in [0.15, 0.2) is 0 Å². The normalized spacial score (nSPS) is 26.9. The third-order valence-electron chi connectivity index (χ3n) is 18.7. The summed E-state index contributed by atoms with van der Waals surface area (Å²) in [7, 11) is 10.5. The third kappa shape index (κ3) is 24.6. The number of rotatable bonds is 20. The largest absolute Gasteiger partial charge is 0.493 e. The van der Waals surface area contributed by atoms with Crippen LogP contribution in [0.4, 0.5) is 0 Å². The molecule has 14 atom stereocenters. The number of carbonyl (C=O) groups is 12. The maximum atomic E-state index is 15.6. The number of nitrogens with zero attached hydrogens (tertiary/aromatic N) is 8. The molecule has 5 N–H and O–H groups in total. The van der Waals surface area contributed by atoms with Gasteiger partial charge in [-0.1, -0.05) is 109 Å². The van der Waals surface area contributed by atoms with E-state index in [1.54, 1.807) is 53.4 Å². The highest BCUT2D eigenvalue weighted by Gasteiger charge is 2.47. The minimum absolute atomic E-state index is 0.0108. The molecule has 0 unspecified atom stereocenters. The van der Waals surface area contributed by atoms with Gasteiger partial charge in [-0.15, -0.1) is 0 Å². The molecule has 0 aliphatic carbocycles. The van der Waals surface area contributed by atoms with Crippen LogP contribution in [0.1, 0.15) is 157 Å². The van der Waals surface area contributed by atoms with Crippen LogP contribution in [0, 0.1) is 41.4 Å². The van der Waals surface area contributed by atoms with E-state index in [-0.39, 0.29) is 68.3 Å². The zero-order valence-electron chi connectivity index (χ0n) is 63.9. The highest BCUT2D eigenvalue weighted by molar-refractivity contribution is 6.00. The van der Waals surface area contributed by atoms with Crippen LogP contribution in [0.5, 0.6) is 0 Å². The number of likely N-dealkylation sites (N-methyl/N-ethyl adjacent to an activating group) is 7. The average molecular weight is 1380 g/mol. The van der Waals surface area contributed by atoms with Crippen molar-refractivity contribution in [1.82, 2.24) is 65.8 Å². The molecular formula is C71H125N13O14. The third-order valence-corrected chi connectivity index (χ3v) is 18.7. The van der Waals surface area contributed by atoms with Crippen LogP contribution < -0.4 is 26.6 Å². The van der Waals surface area contributed by atoms with Crippen LogP contribution >= 0.6 is 0 Å². The summed E-state index contributed by atoms with van der Waals surface area (Å²) < 4.78 is 12.4. The van der Waals surface area contributed by atoms with E-state index >= 15 is 19.2 Å². The fourth-order valence-corrected chi connectivity index (χ4v) is 12.3. The first-order chi connectivity index (χ1) is 45.5. The standard InChI is InChI=1S/C71H125N13O14/c1-27-29-30-46(15)60(98-45(13)14)59-65(90)74-51(28-2)67(92)78(21)50(19)62(87)76-57(47(16)38-97-39-55(85)84-33-31-77(20)32-34-84)64(89)75-56(43(9)10)70(95)79(22)52(35-40(3)4)63(88)72-48(17)61(86)73-49(18)66(91)80(23)53(36-41(5)6)68(93)81(24)54(37-42(7)8)69(94)82(25)58(44(11)12)71(96)83(59)26/h27,29,40-44,46-54,56-60H,13,28,30-39H2,1-12,14-26H3,(H,72,88)(H,73,86)(H,74,90)(H,75,89)(H,76,87)/b29-27+/t46-,47-,48+,49-,50-,51+,52+,53+,54+,56+,57+,58+,59+,60-/m1/s1. The lowest BCUT2D eigenvalue weighted by atomic mass is 9.91. The molecule has 2 rings (SSSR count). The zero-order valence-corrected chi connectivity index (χ0v) is 63.9. The summed E-state index contributed by atoms with van der Waals surface area (Å²) in [6, 6.07) is -14.2. The van der Waals surface area contributed by atoms with Gasteiger partial charge < -0.3 is 75.3 Å². The van der Waals surface area contributed by atoms with Gasteiger partial charge >= 0.3 is 0 Å². The van der Waals surface area contributed by atoms with Crippen molar-refractivity contribution in [2.24, 2.45) is 41.4 Å². The Balaban J connectivity index is 3.07. The van der Waals surface area contributed by atoms with Gasteiger partial charge in [0, 0.05) is 74.4 Å². The van der Waals surface area contributed by atoms with Gasteiger partial charge in [0.05, 0.1) is 12.4 Å². The maximum absolute atomic E-state index is 15.6. The molecule has 0 bridgehead atoms. The van der Waals surface area contributed by atoms with Crippen LogP contribution in [0.25, 0.3) is 0 Å². The molecule has 0 spiro atoms. The van der Waals surface area contributed by atoms with Crippen molar-refractivity contribution < 1.29 is 67.0 Å². The SMILES string of the molecule is C=C(C)O[C@H]([C@H](C)C/C=C/C)[C@H]1C(=O)N[C@@H](CC)C(=O)N(C)[C@H](C)C(=O)N[C@@H]([C@H](C)COCC(=O)N2CCN(C)CC2)C(=O)N[C@@H](C(C)C)C(=O)N(C)[C@@H](CC(C)C)C(=O)N[C@@H](C)C(=O)N[C@H](C)C(=O)N(C)[C@@H](CC(C)C)C(=O)N(C)[C@@H](CC(C)C)C(=O)N(C)[C@@H](C(C)C)C(=O)N1C. The van der Waals surface area contributed by atoms with E-state index in [4.69, 9.17) is 9.47 Å². The summed E-state index contributed by atoms with van der Waals surface area (Å²) in [6.45, 7) is 36.7. The number of nitrogens with one attached hydrogen (secondary N) is 5. The molecule has 2 heterocycles. The van der Waals surface area contributed by atoms with Gasteiger partial charge in [-0.2, -0.15) is 0 Å². The van der Waals surface area contributed by atoms with Gasteiger partial charge in [-0.25, -0.2) is 0 Å². The molecule has 0 aromatic rings. The second-order valence-corrected chi connectivity index (χ2v) is 29.3. The molecule has 2 aliphatic heterocycles. The molecule has 0 aromatic heterocycles. The van der Waals surface area contributed by atoms with E-state index < -0.39 is 161 Å². The van der Waals surface area contributed by atoms with Gasteiger partial charge in [0.1, 0.15) is 79.2 Å². The lowest BCUT2D eigenvalue weighted by Gasteiger charge is -2.42. The number of piperazine rings is 1. The Bertz CT molecular complexity index is 2770. The lowest BCUT2D eigenvalue weighted by molar-refractivity contribution is -0.158. The van der Waals surface area contributed by atoms with Crippen LogP contribution in [-0.4, -0.2) is 271 Å². The minimum Gasteiger partial charge on any atom is -0.493 e. The molecule has 27 heteroatoms. The Morgan fingerprint density at radius 3 is 1.49 bits per heavy atom. The van der Waals surface area contributed by atoms with E-state index in [0.717, 1.165) is 4.90 Å². The summed E-state index contributed by atoms with van der Waals surface area (Å²) in [4.78, 5) is 188. The van der Waals surface area contributed by atoms with Crippen molar-refractivity contribution in [1.29, 1.82) is 0 Å². The van der Waals surface area contributed by atoms with Gasteiger partial charge in [-0.3, -0.25) is 57.5 Å². The fraction of sp³-hybridized carbons (Fsp3) is 0.775. The summed E-state index contributed by atoms with van der Waals surface area (Å²) in [5.41, 5.74) is 0. The Kier molecular flexibility index (Phi) is 35.6. The summed E-state index contributed by atoms with van der Waals surface area (Å²) >= 11 is 0. The minimum atomic E-state index is -1.49. The van der Waals surface area contributed by atoms with Crippen molar-refractivity contribution in [2.45, 2.75) is 229 Å². The number of hydrogen-bond acceptors (Lipinski definition) is 15. The van der Waals surface area contributed by atoms with Gasteiger partial charge in [-0.05, 0) is 109 Å². The van der Waals surface area contributed by atoms with E-state index in [1.165, 1.54) is 87.6 Å². The molecule has 2 fully saturated rings. The van der Waals surface area contributed by atoms with E-state index in [0.29, 0.717) is 32.6 Å².